The summed E-state index contributed by atoms with van der Waals surface area (Å²) in [6.07, 6.45) is 2.97. The molecule has 1 aromatic heterocycles. The minimum absolute atomic E-state index is 0.221. The third-order valence-corrected chi connectivity index (χ3v) is 5.52. The molecule has 0 bridgehead atoms. The number of aryl methyl sites for hydroxylation is 1. The van der Waals surface area contributed by atoms with E-state index in [4.69, 9.17) is 4.74 Å². The number of benzene rings is 3. The van der Waals surface area contributed by atoms with Gasteiger partial charge in [-0.1, -0.05) is 35.0 Å². The molecule has 0 aliphatic heterocycles. The Bertz CT molecular complexity index is 1450. The van der Waals surface area contributed by atoms with Gasteiger partial charge in [0.15, 0.2) is 6.61 Å². The molecule has 7 nitrogen and oxygen atoms in total. The van der Waals surface area contributed by atoms with E-state index in [9.17, 15) is 14.0 Å². The number of nitrogens with zero attached hydrogens (tertiary/aromatic N) is 3. The maximum Gasteiger partial charge on any atom is 0.282 e. The minimum atomic E-state index is -0.380. The van der Waals surface area contributed by atoms with Crippen molar-refractivity contribution in [1.82, 2.24) is 9.66 Å². The third-order valence-electron chi connectivity index (χ3n) is 5.03. The van der Waals surface area contributed by atoms with Gasteiger partial charge in [0.1, 0.15) is 17.4 Å². The molecular weight excluding hydrogens is 515 g/mol. The number of ether oxygens (including phenoxy) is 1. The van der Waals surface area contributed by atoms with E-state index in [0.29, 0.717) is 40.1 Å². The van der Waals surface area contributed by atoms with E-state index in [1.807, 2.05) is 19.1 Å². The molecular formula is C26H22BrFN4O3. The zero-order valence-electron chi connectivity index (χ0n) is 18.9. The molecule has 0 radical (unpaired) electrons. The average Bonchev–Trinajstić information content (AvgIpc) is 2.85. The molecule has 0 saturated carbocycles. The number of amides is 1. The number of fused-ring (bicyclic) bond motifs is 1. The fourth-order valence-corrected chi connectivity index (χ4v) is 3.75. The first-order valence-corrected chi connectivity index (χ1v) is 11.8. The summed E-state index contributed by atoms with van der Waals surface area (Å²) in [6, 6.07) is 17.9. The number of carbonyl (C=O) groups excluding carboxylic acids is 1. The maximum atomic E-state index is 13.1. The van der Waals surface area contributed by atoms with Crippen LogP contribution in [0, 0.1) is 5.82 Å². The summed E-state index contributed by atoms with van der Waals surface area (Å²) in [4.78, 5) is 29.9. The van der Waals surface area contributed by atoms with Crippen molar-refractivity contribution in [2.75, 3.05) is 11.9 Å². The van der Waals surface area contributed by atoms with Crippen LogP contribution in [0.25, 0.3) is 10.9 Å². The standard InChI is InChI=1S/C26H22BrFN4O3/c1-2-4-24-31-23-12-7-18(27)14-22(23)26(34)32(24)29-15-17-5-3-6-21(13-17)35-16-25(33)30-20-10-8-19(28)9-11-20/h3,5-15H,2,4,16H2,1H3,(H,30,33). The van der Waals surface area contributed by atoms with Crippen molar-refractivity contribution in [2.24, 2.45) is 5.10 Å². The molecule has 3 aromatic carbocycles. The Kier molecular flexibility index (Phi) is 7.67. The lowest BCUT2D eigenvalue weighted by molar-refractivity contribution is -0.118. The van der Waals surface area contributed by atoms with Crippen molar-refractivity contribution < 1.29 is 13.9 Å². The smallest absolute Gasteiger partial charge is 0.282 e. The van der Waals surface area contributed by atoms with E-state index >= 15 is 0 Å². The fourth-order valence-electron chi connectivity index (χ4n) is 3.39. The van der Waals surface area contributed by atoms with E-state index in [0.717, 1.165) is 10.9 Å². The largest absolute Gasteiger partial charge is 0.484 e. The number of hydrogen-bond acceptors (Lipinski definition) is 5. The average molecular weight is 537 g/mol. The SMILES string of the molecule is CCCc1nc2ccc(Br)cc2c(=O)n1N=Cc1cccc(OCC(=O)Nc2ccc(F)cc2)c1. The molecule has 1 amide bonds. The summed E-state index contributed by atoms with van der Waals surface area (Å²) in [7, 11) is 0. The molecule has 0 fully saturated rings. The van der Waals surface area contributed by atoms with Crippen LogP contribution in [0.3, 0.4) is 0 Å². The Morgan fingerprint density at radius 3 is 2.74 bits per heavy atom. The first-order chi connectivity index (χ1) is 16.9. The van der Waals surface area contributed by atoms with Gasteiger partial charge in [0.25, 0.3) is 11.5 Å². The summed E-state index contributed by atoms with van der Waals surface area (Å²) in [6.45, 7) is 1.79. The van der Waals surface area contributed by atoms with Crippen LogP contribution >= 0.6 is 15.9 Å². The highest BCUT2D eigenvalue weighted by Gasteiger charge is 2.11. The van der Waals surface area contributed by atoms with Crippen molar-refractivity contribution in [3.8, 4) is 5.75 Å². The van der Waals surface area contributed by atoms with E-state index in [1.165, 1.54) is 28.9 Å². The van der Waals surface area contributed by atoms with Gasteiger partial charge < -0.3 is 10.1 Å². The first-order valence-electron chi connectivity index (χ1n) is 11.0. The Labute approximate surface area is 209 Å². The Balaban J connectivity index is 1.50. The highest BCUT2D eigenvalue weighted by molar-refractivity contribution is 9.10. The first kappa shape index (κ1) is 24.3. The van der Waals surface area contributed by atoms with Crippen LogP contribution in [0.1, 0.15) is 24.7 Å². The number of anilines is 1. The second-order valence-corrected chi connectivity index (χ2v) is 8.63. The molecule has 178 valence electrons. The second kappa shape index (κ2) is 11.1. The number of aromatic nitrogens is 2. The number of rotatable bonds is 8. The summed E-state index contributed by atoms with van der Waals surface area (Å²) in [5.74, 6) is 0.285. The molecule has 35 heavy (non-hydrogen) atoms. The van der Waals surface area contributed by atoms with Gasteiger partial charge in [-0.3, -0.25) is 9.59 Å². The zero-order valence-corrected chi connectivity index (χ0v) is 20.5. The lowest BCUT2D eigenvalue weighted by atomic mass is 10.2. The van der Waals surface area contributed by atoms with Gasteiger partial charge in [-0.25, -0.2) is 9.37 Å². The van der Waals surface area contributed by atoms with Crippen molar-refractivity contribution in [1.29, 1.82) is 0 Å². The van der Waals surface area contributed by atoms with Gasteiger partial charge in [-0.05, 0) is 66.6 Å². The number of halogens is 2. The quantitative estimate of drug-likeness (QED) is 0.315. The van der Waals surface area contributed by atoms with Crippen LogP contribution in [0.15, 0.2) is 81.1 Å². The second-order valence-electron chi connectivity index (χ2n) is 7.72. The molecule has 0 unspecified atom stereocenters. The normalized spacial score (nSPS) is 11.2. The molecule has 4 aromatic rings. The highest BCUT2D eigenvalue weighted by Crippen LogP contribution is 2.17. The summed E-state index contributed by atoms with van der Waals surface area (Å²) in [5.41, 5.74) is 1.54. The Hall–Kier alpha value is -3.85. The molecule has 0 spiro atoms. The van der Waals surface area contributed by atoms with Crippen LogP contribution < -0.4 is 15.6 Å². The summed E-state index contributed by atoms with van der Waals surface area (Å²) in [5, 5.41) is 7.52. The third kappa shape index (κ3) is 6.19. The van der Waals surface area contributed by atoms with Gasteiger partial charge in [-0.2, -0.15) is 9.78 Å². The van der Waals surface area contributed by atoms with Crippen LogP contribution in [0.4, 0.5) is 10.1 Å². The molecule has 4 rings (SSSR count). The highest BCUT2D eigenvalue weighted by atomic mass is 79.9. The monoisotopic (exact) mass is 536 g/mol. The lowest BCUT2D eigenvalue weighted by Gasteiger charge is -2.09. The Morgan fingerprint density at radius 2 is 1.97 bits per heavy atom. The topological polar surface area (TPSA) is 85.6 Å². The predicted octanol–water partition coefficient (Wildman–Crippen LogP) is 5.15. The van der Waals surface area contributed by atoms with E-state index in [-0.39, 0.29) is 23.9 Å². The van der Waals surface area contributed by atoms with E-state index in [2.05, 4.69) is 31.3 Å². The van der Waals surface area contributed by atoms with E-state index < -0.39 is 0 Å². The zero-order chi connectivity index (χ0) is 24.8. The summed E-state index contributed by atoms with van der Waals surface area (Å²) < 4.78 is 20.7. The number of carbonyl (C=O) groups is 1. The van der Waals surface area contributed by atoms with Crippen LogP contribution in [-0.2, 0) is 11.2 Å². The molecule has 0 aliphatic carbocycles. The van der Waals surface area contributed by atoms with Crippen LogP contribution in [0.2, 0.25) is 0 Å². The maximum absolute atomic E-state index is 13.1. The van der Waals surface area contributed by atoms with E-state index in [1.54, 1.807) is 36.5 Å². The Morgan fingerprint density at radius 1 is 1.17 bits per heavy atom. The molecule has 1 N–H and O–H groups in total. The van der Waals surface area contributed by atoms with Crippen LogP contribution in [-0.4, -0.2) is 28.4 Å². The van der Waals surface area contributed by atoms with Gasteiger partial charge >= 0.3 is 0 Å². The van der Waals surface area contributed by atoms with Crippen molar-refractivity contribution in [3.05, 3.63) is 98.8 Å². The lowest BCUT2D eigenvalue weighted by Crippen LogP contribution is -2.22. The van der Waals surface area contributed by atoms with Gasteiger partial charge in [0, 0.05) is 16.6 Å². The summed E-state index contributed by atoms with van der Waals surface area (Å²) >= 11 is 3.40. The van der Waals surface area contributed by atoms with Crippen molar-refractivity contribution in [2.45, 2.75) is 19.8 Å². The number of nitrogens with one attached hydrogen (secondary N) is 1. The minimum Gasteiger partial charge on any atom is -0.484 e. The molecule has 1 heterocycles. The predicted molar refractivity (Wildman–Crippen MR) is 138 cm³/mol. The van der Waals surface area contributed by atoms with Crippen molar-refractivity contribution in [3.63, 3.8) is 0 Å². The molecule has 0 saturated heterocycles. The van der Waals surface area contributed by atoms with Gasteiger partial charge in [0.05, 0.1) is 17.1 Å². The molecule has 9 heteroatoms. The van der Waals surface area contributed by atoms with Crippen LogP contribution in [0.5, 0.6) is 5.75 Å². The molecule has 0 aliphatic rings. The van der Waals surface area contributed by atoms with Crippen molar-refractivity contribution >= 4 is 44.6 Å². The fraction of sp³-hybridized carbons (Fsp3) is 0.154. The molecule has 0 atom stereocenters. The van der Waals surface area contributed by atoms with Gasteiger partial charge in [0.2, 0.25) is 0 Å². The number of hydrogen-bond donors (Lipinski definition) is 1. The van der Waals surface area contributed by atoms with Gasteiger partial charge in [-0.15, -0.1) is 0 Å².